The fourth-order valence-corrected chi connectivity index (χ4v) is 1.39. The zero-order chi connectivity index (χ0) is 9.42. The summed E-state index contributed by atoms with van der Waals surface area (Å²) in [5, 5.41) is 8.80. The van der Waals surface area contributed by atoms with E-state index in [-0.39, 0.29) is 0 Å². The van der Waals surface area contributed by atoms with E-state index in [1.165, 1.54) is 0 Å². The third kappa shape index (κ3) is 1.17. The number of rotatable bonds is 0. The Morgan fingerprint density at radius 1 is 1.38 bits per heavy atom. The predicted molar refractivity (Wildman–Crippen MR) is 49.4 cm³/mol. The number of hydrogen-bond donors (Lipinski definition) is 0. The fraction of sp³-hybridized carbons (Fsp3) is 0.200. The Morgan fingerprint density at radius 3 is 2.85 bits per heavy atom. The summed E-state index contributed by atoms with van der Waals surface area (Å²) in [5.41, 5.74) is 3.47. The summed E-state index contributed by atoms with van der Waals surface area (Å²) >= 11 is 0. The van der Waals surface area contributed by atoms with Gasteiger partial charge in [-0.3, -0.25) is 0 Å². The largest absolute Gasteiger partial charge is 0.306 e. The second kappa shape index (κ2) is 2.60. The number of imidazole rings is 1. The molecule has 0 amide bonds. The zero-order valence-corrected chi connectivity index (χ0v) is 7.57. The molecule has 2 rings (SSSR count). The van der Waals surface area contributed by atoms with E-state index in [4.69, 9.17) is 5.26 Å². The number of hydrogen-bond acceptors (Lipinski definition) is 2. The van der Waals surface area contributed by atoms with Crippen molar-refractivity contribution in [3.63, 3.8) is 0 Å². The molecule has 64 valence electrons. The van der Waals surface area contributed by atoms with Gasteiger partial charge in [0.1, 0.15) is 5.65 Å². The number of nitriles is 1. The van der Waals surface area contributed by atoms with Crippen molar-refractivity contribution >= 4 is 5.65 Å². The van der Waals surface area contributed by atoms with Gasteiger partial charge >= 0.3 is 0 Å². The molecule has 0 radical (unpaired) electrons. The third-order valence-corrected chi connectivity index (χ3v) is 2.03. The molecular formula is C10H9N3. The first-order valence-electron chi connectivity index (χ1n) is 4.07. The van der Waals surface area contributed by atoms with Crippen LogP contribution in [0.25, 0.3) is 5.65 Å². The molecule has 0 aliphatic carbocycles. The highest BCUT2D eigenvalue weighted by atomic mass is 15.0. The minimum atomic E-state index is 0.693. The topological polar surface area (TPSA) is 41.1 Å². The number of aromatic nitrogens is 2. The van der Waals surface area contributed by atoms with Crippen LogP contribution in [0.4, 0.5) is 0 Å². The van der Waals surface area contributed by atoms with E-state index in [0.717, 1.165) is 16.9 Å². The molecule has 0 unspecified atom stereocenters. The van der Waals surface area contributed by atoms with Crippen molar-refractivity contribution in [2.45, 2.75) is 13.8 Å². The van der Waals surface area contributed by atoms with Crippen LogP contribution in [-0.2, 0) is 0 Å². The summed E-state index contributed by atoms with van der Waals surface area (Å²) in [4.78, 5) is 4.27. The van der Waals surface area contributed by atoms with E-state index in [1.54, 1.807) is 0 Å². The van der Waals surface area contributed by atoms with Crippen LogP contribution in [0.1, 0.15) is 16.8 Å². The standard InChI is InChI=1S/C10H9N3/c1-7-5-13-6-8(2)12-10(13)3-9(7)4-11/h3,5-6H,1-2H3. The lowest BCUT2D eigenvalue weighted by Gasteiger charge is -1.97. The average molecular weight is 171 g/mol. The van der Waals surface area contributed by atoms with Gasteiger partial charge in [0.25, 0.3) is 0 Å². The molecule has 2 aromatic heterocycles. The van der Waals surface area contributed by atoms with Crippen LogP contribution >= 0.6 is 0 Å². The van der Waals surface area contributed by atoms with Gasteiger partial charge in [-0.1, -0.05) is 0 Å². The molecule has 2 heterocycles. The maximum Gasteiger partial charge on any atom is 0.138 e. The first-order valence-corrected chi connectivity index (χ1v) is 4.07. The first-order chi connectivity index (χ1) is 6.20. The molecule has 3 nitrogen and oxygen atoms in total. The normalized spacial score (nSPS) is 10.2. The van der Waals surface area contributed by atoms with Crippen molar-refractivity contribution in [3.05, 3.63) is 35.3 Å². The van der Waals surface area contributed by atoms with E-state index in [9.17, 15) is 0 Å². The molecule has 2 aromatic rings. The monoisotopic (exact) mass is 171 g/mol. The number of nitrogens with zero attached hydrogens (tertiary/aromatic N) is 3. The minimum absolute atomic E-state index is 0.693. The Balaban J connectivity index is 2.82. The number of fused-ring (bicyclic) bond motifs is 1. The van der Waals surface area contributed by atoms with Gasteiger partial charge in [0.15, 0.2) is 0 Å². The molecular weight excluding hydrogens is 162 g/mol. The molecule has 0 fully saturated rings. The van der Waals surface area contributed by atoms with Crippen molar-refractivity contribution in [2.24, 2.45) is 0 Å². The molecule has 0 aliphatic heterocycles. The Kier molecular flexibility index (Phi) is 1.56. The molecule has 3 heteroatoms. The molecule has 0 N–H and O–H groups in total. The van der Waals surface area contributed by atoms with Crippen LogP contribution in [0.5, 0.6) is 0 Å². The van der Waals surface area contributed by atoms with Crippen molar-refractivity contribution in [1.29, 1.82) is 5.26 Å². The van der Waals surface area contributed by atoms with Crippen LogP contribution < -0.4 is 0 Å². The predicted octanol–water partition coefficient (Wildman–Crippen LogP) is 1.82. The third-order valence-electron chi connectivity index (χ3n) is 2.03. The van der Waals surface area contributed by atoms with Crippen molar-refractivity contribution < 1.29 is 0 Å². The van der Waals surface area contributed by atoms with Crippen molar-refractivity contribution in [1.82, 2.24) is 9.38 Å². The Hall–Kier alpha value is -1.82. The summed E-state index contributed by atoms with van der Waals surface area (Å²) < 4.78 is 1.94. The minimum Gasteiger partial charge on any atom is -0.306 e. The number of pyridine rings is 1. The molecule has 0 saturated heterocycles. The smallest absolute Gasteiger partial charge is 0.138 e. The van der Waals surface area contributed by atoms with Gasteiger partial charge in [0.2, 0.25) is 0 Å². The van der Waals surface area contributed by atoms with Gasteiger partial charge in [0, 0.05) is 12.4 Å². The summed E-state index contributed by atoms with van der Waals surface area (Å²) in [5.74, 6) is 0. The van der Waals surface area contributed by atoms with Crippen LogP contribution in [0.15, 0.2) is 18.5 Å². The van der Waals surface area contributed by atoms with Crippen LogP contribution in [0.3, 0.4) is 0 Å². The van der Waals surface area contributed by atoms with E-state index >= 15 is 0 Å². The SMILES string of the molecule is Cc1cn2cc(C)c(C#N)cc2n1. The van der Waals surface area contributed by atoms with E-state index < -0.39 is 0 Å². The molecule has 13 heavy (non-hydrogen) atoms. The highest BCUT2D eigenvalue weighted by Crippen LogP contribution is 2.11. The molecule has 0 atom stereocenters. The number of aryl methyl sites for hydroxylation is 2. The van der Waals surface area contributed by atoms with Gasteiger partial charge in [-0.2, -0.15) is 5.26 Å². The first kappa shape index (κ1) is 7.81. The molecule has 0 spiro atoms. The lowest BCUT2D eigenvalue weighted by atomic mass is 10.2. The van der Waals surface area contributed by atoms with E-state index in [2.05, 4.69) is 11.1 Å². The second-order valence-corrected chi connectivity index (χ2v) is 3.13. The molecule has 0 aromatic carbocycles. The summed E-state index contributed by atoms with van der Waals surface area (Å²) in [7, 11) is 0. The fourth-order valence-electron chi connectivity index (χ4n) is 1.39. The van der Waals surface area contributed by atoms with Crippen LogP contribution in [0, 0.1) is 25.2 Å². The Labute approximate surface area is 76.3 Å². The van der Waals surface area contributed by atoms with Gasteiger partial charge in [-0.05, 0) is 25.5 Å². The van der Waals surface area contributed by atoms with E-state index in [1.807, 2.05) is 36.7 Å². The summed E-state index contributed by atoms with van der Waals surface area (Å²) in [6.07, 6.45) is 3.87. The highest BCUT2D eigenvalue weighted by molar-refractivity contribution is 5.50. The summed E-state index contributed by atoms with van der Waals surface area (Å²) in [6.45, 7) is 3.86. The van der Waals surface area contributed by atoms with Gasteiger partial charge in [-0.15, -0.1) is 0 Å². The Bertz CT molecular complexity index is 503. The lowest BCUT2D eigenvalue weighted by Crippen LogP contribution is -1.88. The van der Waals surface area contributed by atoms with Gasteiger partial charge < -0.3 is 4.40 Å². The van der Waals surface area contributed by atoms with Crippen LogP contribution in [0.2, 0.25) is 0 Å². The molecule has 0 saturated carbocycles. The van der Waals surface area contributed by atoms with Crippen molar-refractivity contribution in [3.8, 4) is 6.07 Å². The van der Waals surface area contributed by atoms with E-state index in [0.29, 0.717) is 5.56 Å². The molecule has 0 bridgehead atoms. The zero-order valence-electron chi connectivity index (χ0n) is 7.57. The van der Waals surface area contributed by atoms with Crippen molar-refractivity contribution in [2.75, 3.05) is 0 Å². The van der Waals surface area contributed by atoms with Crippen LogP contribution in [-0.4, -0.2) is 9.38 Å². The maximum absolute atomic E-state index is 8.80. The maximum atomic E-state index is 8.80. The van der Waals surface area contributed by atoms with Gasteiger partial charge in [0.05, 0.1) is 17.3 Å². The molecule has 0 aliphatic rings. The van der Waals surface area contributed by atoms with Gasteiger partial charge in [-0.25, -0.2) is 4.98 Å². The average Bonchev–Trinajstić information content (AvgIpc) is 2.42. The summed E-state index contributed by atoms with van der Waals surface area (Å²) in [6, 6.07) is 3.95. The highest BCUT2D eigenvalue weighted by Gasteiger charge is 2.02. The Morgan fingerprint density at radius 2 is 2.15 bits per heavy atom. The quantitative estimate of drug-likeness (QED) is 0.606. The second-order valence-electron chi connectivity index (χ2n) is 3.13. The lowest BCUT2D eigenvalue weighted by molar-refractivity contribution is 1.15.